The lowest BCUT2D eigenvalue weighted by atomic mass is 10.1. The molecule has 150 valence electrons. The highest BCUT2D eigenvalue weighted by molar-refractivity contribution is 7.89. The second-order valence-electron chi connectivity index (χ2n) is 6.76. The highest BCUT2D eigenvalue weighted by Crippen LogP contribution is 2.12. The number of amides is 1. The molecule has 0 aliphatic heterocycles. The van der Waals surface area contributed by atoms with Crippen molar-refractivity contribution >= 4 is 15.9 Å². The minimum Gasteiger partial charge on any atom is -0.351 e. The fourth-order valence-electron chi connectivity index (χ4n) is 2.83. The maximum atomic E-state index is 12.8. The average molecular weight is 410 g/mol. The molecule has 1 atom stereocenters. The van der Waals surface area contributed by atoms with E-state index in [0.29, 0.717) is 0 Å². The smallest absolute Gasteiger partial charge is 0.241 e. The van der Waals surface area contributed by atoms with Crippen molar-refractivity contribution in [3.63, 3.8) is 0 Å². The van der Waals surface area contributed by atoms with Crippen LogP contribution in [0.25, 0.3) is 0 Å². The number of nitrogens with zero attached hydrogens (tertiary/aromatic N) is 1. The first-order valence-electron chi connectivity index (χ1n) is 9.23. The third kappa shape index (κ3) is 5.97. The van der Waals surface area contributed by atoms with Crippen LogP contribution in [0.1, 0.15) is 16.7 Å². The monoisotopic (exact) mass is 409 g/mol. The molecule has 0 unspecified atom stereocenters. The Balaban J connectivity index is 1.78. The molecule has 1 heterocycles. The number of pyridine rings is 1. The summed E-state index contributed by atoms with van der Waals surface area (Å²) in [5.74, 6) is -0.395. The van der Waals surface area contributed by atoms with Gasteiger partial charge in [-0.2, -0.15) is 4.72 Å². The highest BCUT2D eigenvalue weighted by Gasteiger charge is 2.26. The van der Waals surface area contributed by atoms with Crippen molar-refractivity contribution in [3.8, 4) is 0 Å². The summed E-state index contributed by atoms with van der Waals surface area (Å²) < 4.78 is 28.2. The van der Waals surface area contributed by atoms with Crippen LogP contribution in [0, 0.1) is 6.92 Å². The molecule has 0 aliphatic carbocycles. The first-order chi connectivity index (χ1) is 13.9. The maximum Gasteiger partial charge on any atom is 0.241 e. The topological polar surface area (TPSA) is 88.2 Å². The van der Waals surface area contributed by atoms with Crippen molar-refractivity contribution in [2.75, 3.05) is 0 Å². The van der Waals surface area contributed by atoms with Crippen LogP contribution in [0.3, 0.4) is 0 Å². The van der Waals surface area contributed by atoms with Crippen LogP contribution >= 0.6 is 0 Å². The SMILES string of the molecule is Cc1ccc(S(=O)(=O)N[C@H](Cc2ccccc2)C(=O)NCc2cccnc2)cc1. The van der Waals surface area contributed by atoms with Crippen LogP contribution in [0.4, 0.5) is 0 Å². The van der Waals surface area contributed by atoms with E-state index in [2.05, 4.69) is 15.0 Å². The van der Waals surface area contributed by atoms with Gasteiger partial charge in [-0.05, 0) is 42.7 Å². The molecule has 3 rings (SSSR count). The van der Waals surface area contributed by atoms with Crippen molar-refractivity contribution in [3.05, 3.63) is 95.8 Å². The molecule has 0 saturated heterocycles. The molecule has 2 aromatic carbocycles. The number of hydrogen-bond acceptors (Lipinski definition) is 4. The molecular weight excluding hydrogens is 386 g/mol. The molecule has 0 bridgehead atoms. The van der Waals surface area contributed by atoms with Gasteiger partial charge in [0.05, 0.1) is 4.90 Å². The van der Waals surface area contributed by atoms with E-state index in [0.717, 1.165) is 16.7 Å². The molecule has 0 radical (unpaired) electrons. The van der Waals surface area contributed by atoms with Crippen LogP contribution in [0.2, 0.25) is 0 Å². The third-order valence-corrected chi connectivity index (χ3v) is 5.90. The van der Waals surface area contributed by atoms with Gasteiger partial charge in [-0.15, -0.1) is 0 Å². The quantitative estimate of drug-likeness (QED) is 0.599. The zero-order chi connectivity index (χ0) is 20.7. The first kappa shape index (κ1) is 20.7. The molecule has 3 aromatic rings. The van der Waals surface area contributed by atoms with Gasteiger partial charge in [0.25, 0.3) is 0 Å². The van der Waals surface area contributed by atoms with Gasteiger partial charge in [0.15, 0.2) is 0 Å². The lowest BCUT2D eigenvalue weighted by Crippen LogP contribution is -2.47. The zero-order valence-corrected chi connectivity index (χ0v) is 16.9. The fraction of sp³-hybridized carbons (Fsp3) is 0.182. The van der Waals surface area contributed by atoms with E-state index in [9.17, 15) is 13.2 Å². The van der Waals surface area contributed by atoms with E-state index in [-0.39, 0.29) is 17.9 Å². The van der Waals surface area contributed by atoms with E-state index in [4.69, 9.17) is 0 Å². The largest absolute Gasteiger partial charge is 0.351 e. The van der Waals surface area contributed by atoms with Crippen molar-refractivity contribution in [1.82, 2.24) is 15.0 Å². The molecule has 1 amide bonds. The molecule has 0 aliphatic rings. The maximum absolute atomic E-state index is 12.8. The van der Waals surface area contributed by atoms with Gasteiger partial charge in [0.2, 0.25) is 15.9 Å². The van der Waals surface area contributed by atoms with Gasteiger partial charge in [-0.3, -0.25) is 9.78 Å². The number of aromatic nitrogens is 1. The Bertz CT molecular complexity index is 1040. The average Bonchev–Trinajstić information content (AvgIpc) is 2.73. The van der Waals surface area contributed by atoms with Crippen molar-refractivity contribution in [2.45, 2.75) is 30.8 Å². The summed E-state index contributed by atoms with van der Waals surface area (Å²) >= 11 is 0. The molecule has 7 heteroatoms. The van der Waals surface area contributed by atoms with E-state index in [1.807, 2.05) is 43.3 Å². The van der Waals surface area contributed by atoms with Crippen LogP contribution in [0.15, 0.2) is 84.0 Å². The molecule has 0 saturated carbocycles. The van der Waals surface area contributed by atoms with Crippen molar-refractivity contribution in [1.29, 1.82) is 0 Å². The van der Waals surface area contributed by atoms with Gasteiger partial charge in [-0.1, -0.05) is 54.1 Å². The molecule has 6 nitrogen and oxygen atoms in total. The molecular formula is C22H23N3O3S. The zero-order valence-electron chi connectivity index (χ0n) is 16.1. The van der Waals surface area contributed by atoms with Gasteiger partial charge in [0, 0.05) is 18.9 Å². The number of sulfonamides is 1. The summed E-state index contributed by atoms with van der Waals surface area (Å²) in [6, 6.07) is 18.5. The number of hydrogen-bond donors (Lipinski definition) is 2. The van der Waals surface area contributed by atoms with E-state index in [1.54, 1.807) is 30.6 Å². The Labute approximate surface area is 171 Å². The van der Waals surface area contributed by atoms with Crippen molar-refractivity contribution < 1.29 is 13.2 Å². The van der Waals surface area contributed by atoms with E-state index < -0.39 is 22.0 Å². The fourth-order valence-corrected chi connectivity index (χ4v) is 4.02. The predicted molar refractivity (Wildman–Crippen MR) is 112 cm³/mol. The number of nitrogens with one attached hydrogen (secondary N) is 2. The summed E-state index contributed by atoms with van der Waals surface area (Å²) in [6.07, 6.45) is 3.55. The molecule has 0 fully saturated rings. The minimum atomic E-state index is -3.85. The van der Waals surface area contributed by atoms with Gasteiger partial charge in [-0.25, -0.2) is 8.42 Å². The standard InChI is InChI=1S/C22H23N3O3S/c1-17-9-11-20(12-10-17)29(27,28)25-21(14-18-6-3-2-4-7-18)22(26)24-16-19-8-5-13-23-15-19/h2-13,15,21,25H,14,16H2,1H3,(H,24,26)/t21-/m1/s1. The number of carbonyl (C=O) groups is 1. The lowest BCUT2D eigenvalue weighted by molar-refractivity contribution is -0.122. The Hall–Kier alpha value is -3.03. The van der Waals surface area contributed by atoms with Gasteiger partial charge in [0.1, 0.15) is 6.04 Å². The first-order valence-corrected chi connectivity index (χ1v) is 10.7. The number of benzene rings is 2. The Morgan fingerprint density at radius 2 is 1.66 bits per heavy atom. The summed E-state index contributed by atoms with van der Waals surface area (Å²) in [5, 5.41) is 2.80. The van der Waals surface area contributed by atoms with Crippen LogP contribution < -0.4 is 10.0 Å². The summed E-state index contributed by atoms with van der Waals surface area (Å²) in [4.78, 5) is 17.0. The van der Waals surface area contributed by atoms with E-state index in [1.165, 1.54) is 12.1 Å². The Morgan fingerprint density at radius 3 is 2.31 bits per heavy atom. The summed E-state index contributed by atoms with van der Waals surface area (Å²) in [6.45, 7) is 2.15. The number of aryl methyl sites for hydroxylation is 1. The van der Waals surface area contributed by atoms with E-state index >= 15 is 0 Å². The van der Waals surface area contributed by atoms with Gasteiger partial charge >= 0.3 is 0 Å². The van der Waals surface area contributed by atoms with Crippen LogP contribution in [0.5, 0.6) is 0 Å². The number of carbonyl (C=O) groups excluding carboxylic acids is 1. The van der Waals surface area contributed by atoms with Crippen LogP contribution in [-0.2, 0) is 27.8 Å². The second-order valence-corrected chi connectivity index (χ2v) is 8.47. The normalized spacial score (nSPS) is 12.3. The summed E-state index contributed by atoms with van der Waals surface area (Å²) in [7, 11) is -3.85. The summed E-state index contributed by atoms with van der Waals surface area (Å²) in [5.41, 5.74) is 2.65. The van der Waals surface area contributed by atoms with Gasteiger partial charge < -0.3 is 5.32 Å². The highest BCUT2D eigenvalue weighted by atomic mass is 32.2. The Morgan fingerprint density at radius 1 is 0.966 bits per heavy atom. The lowest BCUT2D eigenvalue weighted by Gasteiger charge is -2.19. The minimum absolute atomic E-state index is 0.126. The third-order valence-electron chi connectivity index (χ3n) is 4.42. The molecule has 1 aromatic heterocycles. The second kappa shape index (κ2) is 9.45. The predicted octanol–water partition coefficient (Wildman–Crippen LogP) is 2.60. The Kier molecular flexibility index (Phi) is 6.74. The molecule has 29 heavy (non-hydrogen) atoms. The molecule has 0 spiro atoms. The molecule has 2 N–H and O–H groups in total. The van der Waals surface area contributed by atoms with Crippen molar-refractivity contribution in [2.24, 2.45) is 0 Å². The number of rotatable bonds is 8. The van der Waals surface area contributed by atoms with Crippen LogP contribution in [-0.4, -0.2) is 25.4 Å².